The standard InChI is InChI=1S/C15H16IN3O/c1-15(2)7-9-5-4-6-10(12(9)20-15)13-18-8-11(16)14(17-3)19-13/h4-6,8H,7H2,1-3H3,(H,17,18,19). The van der Waals surface area contributed by atoms with Crippen molar-refractivity contribution < 1.29 is 4.74 Å². The Bertz CT molecular complexity index is 670. The first-order valence-electron chi connectivity index (χ1n) is 6.52. The number of halogens is 1. The highest BCUT2D eigenvalue weighted by Gasteiger charge is 2.32. The van der Waals surface area contributed by atoms with Crippen LogP contribution in [0.25, 0.3) is 11.4 Å². The number of nitrogens with one attached hydrogen (secondary N) is 1. The van der Waals surface area contributed by atoms with Crippen molar-refractivity contribution in [2.45, 2.75) is 25.9 Å². The molecule has 0 fully saturated rings. The summed E-state index contributed by atoms with van der Waals surface area (Å²) in [7, 11) is 1.86. The normalized spacial score (nSPS) is 15.6. The lowest BCUT2D eigenvalue weighted by Gasteiger charge is -2.18. The van der Waals surface area contributed by atoms with Crippen LogP contribution in [-0.2, 0) is 6.42 Å². The fraction of sp³-hybridized carbons (Fsp3) is 0.333. The summed E-state index contributed by atoms with van der Waals surface area (Å²) in [5.41, 5.74) is 2.02. The Kier molecular flexibility index (Phi) is 3.32. The molecule has 5 heteroatoms. The molecular formula is C15H16IN3O. The van der Waals surface area contributed by atoms with Crippen LogP contribution in [0.1, 0.15) is 19.4 Å². The minimum atomic E-state index is -0.159. The first kappa shape index (κ1) is 13.6. The lowest BCUT2D eigenvalue weighted by Crippen LogP contribution is -2.24. The van der Waals surface area contributed by atoms with Gasteiger partial charge in [0.2, 0.25) is 0 Å². The number of aromatic nitrogens is 2. The predicted octanol–water partition coefficient (Wildman–Crippen LogP) is 3.50. The van der Waals surface area contributed by atoms with Gasteiger partial charge in [-0.2, -0.15) is 0 Å². The third-order valence-electron chi connectivity index (χ3n) is 3.31. The molecule has 0 bridgehead atoms. The van der Waals surface area contributed by atoms with E-state index < -0.39 is 0 Å². The largest absolute Gasteiger partial charge is 0.486 e. The monoisotopic (exact) mass is 381 g/mol. The van der Waals surface area contributed by atoms with E-state index in [2.05, 4.69) is 57.8 Å². The van der Waals surface area contributed by atoms with E-state index in [9.17, 15) is 0 Å². The summed E-state index contributed by atoms with van der Waals surface area (Å²) in [4.78, 5) is 9.02. The second-order valence-corrected chi connectivity index (χ2v) is 6.63. The smallest absolute Gasteiger partial charge is 0.165 e. The van der Waals surface area contributed by atoms with Crippen LogP contribution in [0.3, 0.4) is 0 Å². The highest BCUT2D eigenvalue weighted by molar-refractivity contribution is 14.1. The average molecular weight is 381 g/mol. The first-order chi connectivity index (χ1) is 9.50. The molecule has 2 heterocycles. The molecule has 4 nitrogen and oxygen atoms in total. The Morgan fingerprint density at radius 3 is 2.90 bits per heavy atom. The van der Waals surface area contributed by atoms with Crippen molar-refractivity contribution in [1.29, 1.82) is 0 Å². The number of hydrogen-bond donors (Lipinski definition) is 1. The van der Waals surface area contributed by atoms with Crippen molar-refractivity contribution in [2.24, 2.45) is 0 Å². The van der Waals surface area contributed by atoms with E-state index in [0.717, 1.165) is 27.1 Å². The Labute approximate surface area is 132 Å². The van der Waals surface area contributed by atoms with Gasteiger partial charge in [-0.1, -0.05) is 12.1 Å². The lowest BCUT2D eigenvalue weighted by atomic mass is 10.0. The van der Waals surface area contributed by atoms with Crippen LogP contribution in [0.2, 0.25) is 0 Å². The predicted molar refractivity (Wildman–Crippen MR) is 88.1 cm³/mol. The fourth-order valence-electron chi connectivity index (χ4n) is 2.46. The Balaban J connectivity index is 2.11. The summed E-state index contributed by atoms with van der Waals surface area (Å²) in [6.45, 7) is 4.20. The van der Waals surface area contributed by atoms with Gasteiger partial charge in [-0.15, -0.1) is 0 Å². The zero-order chi connectivity index (χ0) is 14.3. The minimum absolute atomic E-state index is 0.159. The van der Waals surface area contributed by atoms with Gasteiger partial charge in [0.15, 0.2) is 5.82 Å². The molecule has 0 saturated carbocycles. The lowest BCUT2D eigenvalue weighted by molar-refractivity contribution is 0.139. The molecule has 1 aliphatic rings. The molecule has 1 aromatic carbocycles. The third kappa shape index (κ3) is 2.34. The van der Waals surface area contributed by atoms with E-state index >= 15 is 0 Å². The summed E-state index contributed by atoms with van der Waals surface area (Å²) < 4.78 is 7.08. The summed E-state index contributed by atoms with van der Waals surface area (Å²) in [5, 5.41) is 3.09. The van der Waals surface area contributed by atoms with Gasteiger partial charge >= 0.3 is 0 Å². The summed E-state index contributed by atoms with van der Waals surface area (Å²) in [6, 6.07) is 6.17. The number of rotatable bonds is 2. The molecule has 2 aromatic rings. The molecule has 20 heavy (non-hydrogen) atoms. The van der Waals surface area contributed by atoms with Crippen molar-refractivity contribution in [1.82, 2.24) is 9.97 Å². The van der Waals surface area contributed by atoms with Gasteiger partial charge in [0.1, 0.15) is 17.2 Å². The van der Waals surface area contributed by atoms with Crippen molar-refractivity contribution in [3.63, 3.8) is 0 Å². The highest BCUT2D eigenvalue weighted by Crippen LogP contribution is 2.41. The number of ether oxygens (including phenoxy) is 1. The van der Waals surface area contributed by atoms with Crippen LogP contribution in [0, 0.1) is 3.57 Å². The van der Waals surface area contributed by atoms with Gasteiger partial charge in [-0.3, -0.25) is 0 Å². The van der Waals surface area contributed by atoms with E-state index in [4.69, 9.17) is 4.74 Å². The van der Waals surface area contributed by atoms with E-state index in [1.165, 1.54) is 5.56 Å². The fourth-order valence-corrected chi connectivity index (χ4v) is 2.99. The zero-order valence-electron chi connectivity index (χ0n) is 11.7. The SMILES string of the molecule is CNc1nc(-c2cccc3c2OC(C)(C)C3)ncc1I. The van der Waals surface area contributed by atoms with Gasteiger partial charge in [0.25, 0.3) is 0 Å². The third-order valence-corrected chi connectivity index (χ3v) is 4.10. The quantitative estimate of drug-likeness (QED) is 0.809. The van der Waals surface area contributed by atoms with Crippen LogP contribution in [-0.4, -0.2) is 22.6 Å². The van der Waals surface area contributed by atoms with E-state index in [1.807, 2.05) is 25.4 Å². The van der Waals surface area contributed by atoms with Crippen LogP contribution in [0.15, 0.2) is 24.4 Å². The Morgan fingerprint density at radius 2 is 2.15 bits per heavy atom. The molecule has 0 saturated heterocycles. The summed E-state index contributed by atoms with van der Waals surface area (Å²) >= 11 is 2.22. The second-order valence-electron chi connectivity index (χ2n) is 5.47. The van der Waals surface area contributed by atoms with Gasteiger partial charge in [-0.05, 0) is 48.1 Å². The topological polar surface area (TPSA) is 47.0 Å². The summed E-state index contributed by atoms with van der Waals surface area (Å²) in [5.74, 6) is 2.45. The molecule has 104 valence electrons. The van der Waals surface area contributed by atoms with Crippen molar-refractivity contribution in [2.75, 3.05) is 12.4 Å². The Hall–Kier alpha value is -1.37. The van der Waals surface area contributed by atoms with Crippen molar-refractivity contribution in [3.8, 4) is 17.1 Å². The second kappa shape index (κ2) is 4.87. The van der Waals surface area contributed by atoms with E-state index in [1.54, 1.807) is 0 Å². The van der Waals surface area contributed by atoms with Gasteiger partial charge in [-0.25, -0.2) is 9.97 Å². The molecular weight excluding hydrogens is 365 g/mol. The molecule has 0 radical (unpaired) electrons. The average Bonchev–Trinajstić information content (AvgIpc) is 2.73. The van der Waals surface area contributed by atoms with Crippen LogP contribution in [0.4, 0.5) is 5.82 Å². The van der Waals surface area contributed by atoms with E-state index in [0.29, 0.717) is 5.82 Å². The van der Waals surface area contributed by atoms with Gasteiger partial charge < -0.3 is 10.1 Å². The first-order valence-corrected chi connectivity index (χ1v) is 7.59. The molecule has 0 spiro atoms. The zero-order valence-corrected chi connectivity index (χ0v) is 13.9. The Morgan fingerprint density at radius 1 is 1.35 bits per heavy atom. The number of para-hydroxylation sites is 1. The minimum Gasteiger partial charge on any atom is -0.486 e. The van der Waals surface area contributed by atoms with Gasteiger partial charge in [0, 0.05) is 19.7 Å². The van der Waals surface area contributed by atoms with Crippen molar-refractivity contribution >= 4 is 28.4 Å². The molecule has 1 aromatic heterocycles. The molecule has 1 N–H and O–H groups in total. The molecule has 1 aliphatic heterocycles. The van der Waals surface area contributed by atoms with Gasteiger partial charge in [0.05, 0.1) is 9.13 Å². The molecule has 0 unspecified atom stereocenters. The number of fused-ring (bicyclic) bond motifs is 1. The number of hydrogen-bond acceptors (Lipinski definition) is 4. The highest BCUT2D eigenvalue weighted by atomic mass is 127. The molecule has 0 atom stereocenters. The summed E-state index contributed by atoms with van der Waals surface area (Å²) in [6.07, 6.45) is 2.74. The van der Waals surface area contributed by atoms with E-state index in [-0.39, 0.29) is 5.60 Å². The molecule has 0 aliphatic carbocycles. The maximum Gasteiger partial charge on any atom is 0.165 e. The van der Waals surface area contributed by atoms with Crippen LogP contribution < -0.4 is 10.1 Å². The van der Waals surface area contributed by atoms with Crippen LogP contribution >= 0.6 is 22.6 Å². The maximum absolute atomic E-state index is 6.08. The maximum atomic E-state index is 6.08. The molecule has 0 amide bonds. The van der Waals surface area contributed by atoms with Crippen molar-refractivity contribution in [3.05, 3.63) is 33.5 Å². The number of anilines is 1. The number of benzene rings is 1. The van der Waals surface area contributed by atoms with Crippen LogP contribution in [0.5, 0.6) is 5.75 Å². The number of nitrogens with zero attached hydrogens (tertiary/aromatic N) is 2. The molecule has 3 rings (SSSR count).